The number of ether oxygens (including phenoxy) is 1. The van der Waals surface area contributed by atoms with Crippen LogP contribution in [0.25, 0.3) is 0 Å². The molecule has 0 unspecified atom stereocenters. The molecule has 0 spiro atoms. The highest BCUT2D eigenvalue weighted by atomic mass is 16.6. The largest absolute Gasteiger partial charge is 0.450 e. The summed E-state index contributed by atoms with van der Waals surface area (Å²) < 4.78 is 4.96. The smallest absolute Gasteiger partial charge is 0.409 e. The van der Waals surface area contributed by atoms with E-state index >= 15 is 0 Å². The minimum Gasteiger partial charge on any atom is -0.450 e. The average Bonchev–Trinajstić information content (AvgIpc) is 2.48. The van der Waals surface area contributed by atoms with E-state index in [2.05, 4.69) is 9.97 Å². The fourth-order valence-corrected chi connectivity index (χ4v) is 1.91. The Hall–Kier alpha value is -2.36. The molecule has 1 aliphatic rings. The molecule has 1 saturated heterocycles. The van der Waals surface area contributed by atoms with Crippen molar-refractivity contribution in [2.24, 2.45) is 0 Å². The number of rotatable bonds is 2. The molecule has 0 radical (unpaired) electrons. The van der Waals surface area contributed by atoms with Crippen molar-refractivity contribution < 1.29 is 9.53 Å². The van der Waals surface area contributed by atoms with Crippen molar-refractivity contribution in [3.05, 3.63) is 18.1 Å². The fourth-order valence-electron chi connectivity index (χ4n) is 1.91. The van der Waals surface area contributed by atoms with Gasteiger partial charge in [0.15, 0.2) is 0 Å². The zero-order chi connectivity index (χ0) is 13.7. The molecule has 1 aromatic heterocycles. The number of amides is 1. The first kappa shape index (κ1) is 13.1. The molecule has 0 N–H and O–H groups in total. The Balaban J connectivity index is 1.96. The van der Waals surface area contributed by atoms with Crippen LogP contribution in [0.15, 0.2) is 12.4 Å². The summed E-state index contributed by atoms with van der Waals surface area (Å²) in [5, 5.41) is 8.81. The second-order valence-electron chi connectivity index (χ2n) is 4.05. The Bertz CT molecular complexity index is 491. The highest BCUT2D eigenvalue weighted by Gasteiger charge is 2.22. The van der Waals surface area contributed by atoms with Gasteiger partial charge in [-0.15, -0.1) is 0 Å². The van der Waals surface area contributed by atoms with Gasteiger partial charge >= 0.3 is 6.09 Å². The minimum atomic E-state index is -0.275. The van der Waals surface area contributed by atoms with E-state index in [1.54, 1.807) is 17.9 Å². The third kappa shape index (κ3) is 3.10. The Kier molecular flexibility index (Phi) is 4.13. The van der Waals surface area contributed by atoms with Crippen molar-refractivity contribution in [1.29, 1.82) is 5.26 Å². The molecule has 1 fully saturated rings. The number of anilines is 1. The van der Waals surface area contributed by atoms with Crippen LogP contribution in [0.2, 0.25) is 0 Å². The van der Waals surface area contributed by atoms with Crippen molar-refractivity contribution in [3.63, 3.8) is 0 Å². The van der Waals surface area contributed by atoms with Crippen LogP contribution in [0.3, 0.4) is 0 Å². The number of carbonyl (C=O) groups is 1. The van der Waals surface area contributed by atoms with E-state index in [0.29, 0.717) is 38.5 Å². The summed E-state index contributed by atoms with van der Waals surface area (Å²) in [6, 6.07) is 3.64. The topological polar surface area (TPSA) is 82.4 Å². The minimum absolute atomic E-state index is 0.275. The Morgan fingerprint density at radius 1 is 1.42 bits per heavy atom. The predicted octanol–water partition coefficient (Wildman–Crippen LogP) is 0.627. The van der Waals surface area contributed by atoms with Crippen LogP contribution in [-0.4, -0.2) is 53.7 Å². The maximum Gasteiger partial charge on any atom is 0.409 e. The van der Waals surface area contributed by atoms with Crippen molar-refractivity contribution in [3.8, 4) is 6.07 Å². The van der Waals surface area contributed by atoms with E-state index in [0.717, 1.165) is 5.82 Å². The second-order valence-corrected chi connectivity index (χ2v) is 4.05. The molecule has 0 aliphatic carbocycles. The number of nitrogens with zero attached hydrogens (tertiary/aromatic N) is 5. The molecule has 2 heterocycles. The quantitative estimate of drug-likeness (QED) is 0.776. The van der Waals surface area contributed by atoms with Crippen molar-refractivity contribution in [1.82, 2.24) is 14.9 Å². The number of piperazine rings is 1. The van der Waals surface area contributed by atoms with Crippen LogP contribution in [0.4, 0.5) is 10.6 Å². The number of nitriles is 1. The summed E-state index contributed by atoms with van der Waals surface area (Å²) in [6.07, 6.45) is 1.11. The number of carbonyl (C=O) groups excluding carboxylic acids is 1. The van der Waals surface area contributed by atoms with E-state index in [1.165, 1.54) is 6.33 Å². The lowest BCUT2D eigenvalue weighted by Crippen LogP contribution is -2.49. The molecule has 1 amide bonds. The molecule has 1 aliphatic heterocycles. The van der Waals surface area contributed by atoms with Gasteiger partial charge in [-0.2, -0.15) is 5.26 Å². The van der Waals surface area contributed by atoms with Gasteiger partial charge in [0.2, 0.25) is 0 Å². The third-order valence-corrected chi connectivity index (χ3v) is 2.90. The highest BCUT2D eigenvalue weighted by Crippen LogP contribution is 2.14. The summed E-state index contributed by atoms with van der Waals surface area (Å²) in [5.41, 5.74) is 0.345. The molecule has 7 heteroatoms. The third-order valence-electron chi connectivity index (χ3n) is 2.90. The van der Waals surface area contributed by atoms with E-state index in [-0.39, 0.29) is 6.09 Å². The second kappa shape index (κ2) is 6.00. The number of hydrogen-bond acceptors (Lipinski definition) is 6. The lowest BCUT2D eigenvalue weighted by Gasteiger charge is -2.34. The summed E-state index contributed by atoms with van der Waals surface area (Å²) in [4.78, 5) is 23.2. The van der Waals surface area contributed by atoms with Gasteiger partial charge in [-0.25, -0.2) is 14.8 Å². The first-order valence-corrected chi connectivity index (χ1v) is 6.13. The van der Waals surface area contributed by atoms with E-state index in [1.807, 2.05) is 11.0 Å². The van der Waals surface area contributed by atoms with Gasteiger partial charge in [0.05, 0.1) is 6.61 Å². The summed E-state index contributed by atoms with van der Waals surface area (Å²) >= 11 is 0. The van der Waals surface area contributed by atoms with Crippen LogP contribution >= 0.6 is 0 Å². The Morgan fingerprint density at radius 3 is 2.79 bits per heavy atom. The fraction of sp³-hybridized carbons (Fsp3) is 0.500. The summed E-state index contributed by atoms with van der Waals surface area (Å²) in [5.74, 6) is 0.718. The first-order valence-electron chi connectivity index (χ1n) is 6.13. The molecular weight excluding hydrogens is 246 g/mol. The Morgan fingerprint density at radius 2 is 2.16 bits per heavy atom. The van der Waals surface area contributed by atoms with Crippen LogP contribution in [-0.2, 0) is 4.74 Å². The van der Waals surface area contributed by atoms with Crippen LogP contribution in [0, 0.1) is 11.3 Å². The summed E-state index contributed by atoms with van der Waals surface area (Å²) in [6.45, 7) is 4.69. The molecule has 100 valence electrons. The lowest BCUT2D eigenvalue weighted by molar-refractivity contribution is 0.105. The van der Waals surface area contributed by atoms with Gasteiger partial charge in [-0.3, -0.25) is 0 Å². The van der Waals surface area contributed by atoms with Crippen molar-refractivity contribution >= 4 is 11.9 Å². The zero-order valence-corrected chi connectivity index (χ0v) is 10.7. The zero-order valence-electron chi connectivity index (χ0n) is 10.7. The molecular formula is C12H15N5O2. The van der Waals surface area contributed by atoms with Gasteiger partial charge in [-0.1, -0.05) is 0 Å². The monoisotopic (exact) mass is 261 g/mol. The van der Waals surface area contributed by atoms with Gasteiger partial charge in [0, 0.05) is 32.2 Å². The first-order chi connectivity index (χ1) is 9.24. The van der Waals surface area contributed by atoms with Gasteiger partial charge in [-0.05, 0) is 6.92 Å². The average molecular weight is 261 g/mol. The maximum atomic E-state index is 11.6. The van der Waals surface area contributed by atoms with Gasteiger partial charge < -0.3 is 14.5 Å². The van der Waals surface area contributed by atoms with Gasteiger partial charge in [0.25, 0.3) is 0 Å². The molecule has 7 nitrogen and oxygen atoms in total. The molecule has 2 rings (SSSR count). The van der Waals surface area contributed by atoms with E-state index < -0.39 is 0 Å². The summed E-state index contributed by atoms with van der Waals surface area (Å²) in [7, 11) is 0. The molecule has 1 aromatic rings. The van der Waals surface area contributed by atoms with Crippen LogP contribution in [0.1, 0.15) is 12.6 Å². The van der Waals surface area contributed by atoms with E-state index in [4.69, 9.17) is 10.00 Å². The van der Waals surface area contributed by atoms with Crippen LogP contribution < -0.4 is 4.90 Å². The van der Waals surface area contributed by atoms with Crippen molar-refractivity contribution in [2.75, 3.05) is 37.7 Å². The molecule has 0 saturated carbocycles. The standard InChI is InChI=1S/C12H15N5O2/c1-2-19-12(18)17-5-3-16(4-6-17)11-7-10(8-13)14-9-15-11/h7,9H,2-6H2,1H3. The lowest BCUT2D eigenvalue weighted by atomic mass is 10.3. The molecule has 0 aromatic carbocycles. The van der Waals surface area contributed by atoms with Gasteiger partial charge in [0.1, 0.15) is 23.9 Å². The van der Waals surface area contributed by atoms with Crippen LogP contribution in [0.5, 0.6) is 0 Å². The molecule has 0 bridgehead atoms. The predicted molar refractivity (Wildman–Crippen MR) is 67.6 cm³/mol. The van der Waals surface area contributed by atoms with E-state index in [9.17, 15) is 4.79 Å². The van der Waals surface area contributed by atoms with Crippen molar-refractivity contribution in [2.45, 2.75) is 6.92 Å². The normalized spacial score (nSPS) is 14.9. The molecule has 19 heavy (non-hydrogen) atoms. The highest BCUT2D eigenvalue weighted by molar-refractivity contribution is 5.68. The molecule has 0 atom stereocenters. The maximum absolute atomic E-state index is 11.6. The number of aromatic nitrogens is 2. The Labute approximate surface area is 111 Å². The SMILES string of the molecule is CCOC(=O)N1CCN(c2cc(C#N)ncn2)CC1. The number of hydrogen-bond donors (Lipinski definition) is 0.